The number of aryl methyl sites for hydroxylation is 1. The molecule has 1 fully saturated rings. The highest BCUT2D eigenvalue weighted by atomic mass is 79.9. The second kappa shape index (κ2) is 7.97. The van der Waals surface area contributed by atoms with Gasteiger partial charge in [-0.15, -0.1) is 5.10 Å². The van der Waals surface area contributed by atoms with Gasteiger partial charge in [-0.3, -0.25) is 9.69 Å². The van der Waals surface area contributed by atoms with E-state index in [1.165, 1.54) is 11.8 Å². The fourth-order valence-corrected chi connectivity index (χ4v) is 3.65. The smallest absolute Gasteiger partial charge is 0.242 e. The minimum atomic E-state index is -0.134. The molecule has 4 nitrogen and oxygen atoms in total. The van der Waals surface area contributed by atoms with Gasteiger partial charge in [0.25, 0.3) is 0 Å². The minimum Gasteiger partial charge on any atom is -0.284 e. The summed E-state index contributed by atoms with van der Waals surface area (Å²) in [6, 6.07) is 15.9. The van der Waals surface area contributed by atoms with Crippen molar-refractivity contribution in [2.75, 3.05) is 0 Å². The van der Waals surface area contributed by atoms with Gasteiger partial charge in [0.1, 0.15) is 0 Å². The molecule has 128 valence electrons. The molecule has 1 aliphatic heterocycles. The van der Waals surface area contributed by atoms with Crippen molar-refractivity contribution in [3.8, 4) is 0 Å². The van der Waals surface area contributed by atoms with Gasteiger partial charge in [0.05, 0.1) is 18.0 Å². The molecule has 0 bridgehead atoms. The Morgan fingerprint density at radius 2 is 1.92 bits per heavy atom. The molecule has 0 N–H and O–H groups in total. The summed E-state index contributed by atoms with van der Waals surface area (Å²) in [5.41, 5.74) is 3.24. The summed E-state index contributed by atoms with van der Waals surface area (Å²) in [4.78, 5) is 14.2. The molecule has 1 atom stereocenters. The summed E-state index contributed by atoms with van der Waals surface area (Å²) in [6.45, 7) is 4.48. The lowest BCUT2D eigenvalue weighted by atomic mass is 10.1. The average Bonchev–Trinajstić information content (AvgIpc) is 2.86. The van der Waals surface area contributed by atoms with E-state index in [9.17, 15) is 4.79 Å². The van der Waals surface area contributed by atoms with Crippen LogP contribution < -0.4 is 0 Å². The van der Waals surface area contributed by atoms with Crippen LogP contribution in [-0.4, -0.2) is 27.4 Å². The lowest BCUT2D eigenvalue weighted by Gasteiger charge is -2.16. The van der Waals surface area contributed by atoms with Crippen molar-refractivity contribution in [2.24, 2.45) is 10.2 Å². The van der Waals surface area contributed by atoms with Crippen LogP contribution in [0.5, 0.6) is 0 Å². The molecule has 3 rings (SSSR count). The van der Waals surface area contributed by atoms with Gasteiger partial charge in [-0.05, 0) is 42.7 Å². The molecule has 6 heteroatoms. The maximum atomic E-state index is 12.5. The highest BCUT2D eigenvalue weighted by Gasteiger charge is 2.35. The first-order valence-corrected chi connectivity index (χ1v) is 9.61. The Labute approximate surface area is 160 Å². The summed E-state index contributed by atoms with van der Waals surface area (Å²) >= 11 is 4.86. The first-order valence-electron chi connectivity index (χ1n) is 7.94. The number of carbonyl (C=O) groups excluding carboxylic acids is 1. The van der Waals surface area contributed by atoms with Gasteiger partial charge in [0.2, 0.25) is 5.91 Å². The van der Waals surface area contributed by atoms with E-state index in [0.717, 1.165) is 21.2 Å². The Bertz CT molecular complexity index is 833. The van der Waals surface area contributed by atoms with Crippen LogP contribution in [0.4, 0.5) is 0 Å². The molecular formula is C19H18BrN3OS. The molecule has 25 heavy (non-hydrogen) atoms. The SMILES string of the molecule is Cc1ccccc1CN1C(=O)[C@H](C)S/C1=N/N=C\c1ccc(Br)cc1. The van der Waals surface area contributed by atoms with E-state index in [2.05, 4.69) is 39.1 Å². The monoisotopic (exact) mass is 415 g/mol. The highest BCUT2D eigenvalue weighted by Crippen LogP contribution is 2.29. The largest absolute Gasteiger partial charge is 0.284 e. The molecule has 0 spiro atoms. The van der Waals surface area contributed by atoms with E-state index in [1.807, 2.05) is 49.4 Å². The van der Waals surface area contributed by atoms with E-state index in [1.54, 1.807) is 11.1 Å². The van der Waals surface area contributed by atoms with E-state index >= 15 is 0 Å². The van der Waals surface area contributed by atoms with Gasteiger partial charge < -0.3 is 0 Å². The number of carbonyl (C=O) groups is 1. The fraction of sp³-hybridized carbons (Fsp3) is 0.211. The lowest BCUT2D eigenvalue weighted by Crippen LogP contribution is -2.31. The Hall–Kier alpha value is -1.92. The highest BCUT2D eigenvalue weighted by molar-refractivity contribution is 9.10. The summed E-state index contributed by atoms with van der Waals surface area (Å²) in [5, 5.41) is 8.97. The Morgan fingerprint density at radius 1 is 1.20 bits per heavy atom. The molecule has 1 saturated heterocycles. The molecule has 2 aromatic rings. The minimum absolute atomic E-state index is 0.0749. The number of hydrogen-bond acceptors (Lipinski definition) is 4. The molecule has 1 aliphatic rings. The number of nitrogens with zero attached hydrogens (tertiary/aromatic N) is 3. The topological polar surface area (TPSA) is 45.0 Å². The quantitative estimate of drug-likeness (QED) is 0.540. The molecule has 0 saturated carbocycles. The molecule has 1 amide bonds. The van der Waals surface area contributed by atoms with Gasteiger partial charge >= 0.3 is 0 Å². The van der Waals surface area contributed by atoms with Crippen LogP contribution in [0, 0.1) is 6.92 Å². The first-order chi connectivity index (χ1) is 12.0. The zero-order chi connectivity index (χ0) is 17.8. The van der Waals surface area contributed by atoms with Crippen molar-refractivity contribution < 1.29 is 4.79 Å². The first kappa shape index (κ1) is 17.9. The zero-order valence-electron chi connectivity index (χ0n) is 14.0. The third-order valence-electron chi connectivity index (χ3n) is 3.94. The van der Waals surface area contributed by atoms with E-state index in [0.29, 0.717) is 11.7 Å². The van der Waals surface area contributed by atoms with Crippen LogP contribution in [-0.2, 0) is 11.3 Å². The zero-order valence-corrected chi connectivity index (χ0v) is 16.4. The van der Waals surface area contributed by atoms with Crippen molar-refractivity contribution in [3.63, 3.8) is 0 Å². The van der Waals surface area contributed by atoms with Crippen molar-refractivity contribution in [1.29, 1.82) is 0 Å². The van der Waals surface area contributed by atoms with E-state index in [4.69, 9.17) is 0 Å². The van der Waals surface area contributed by atoms with Gasteiger partial charge in [-0.25, -0.2) is 0 Å². The second-order valence-corrected chi connectivity index (χ2v) is 8.01. The van der Waals surface area contributed by atoms with E-state index < -0.39 is 0 Å². The van der Waals surface area contributed by atoms with Gasteiger partial charge in [0, 0.05) is 4.47 Å². The van der Waals surface area contributed by atoms with Gasteiger partial charge in [0.15, 0.2) is 5.17 Å². The third kappa shape index (κ3) is 4.38. The maximum Gasteiger partial charge on any atom is 0.242 e. The van der Waals surface area contributed by atoms with Crippen molar-refractivity contribution in [3.05, 3.63) is 69.7 Å². The predicted octanol–water partition coefficient (Wildman–Crippen LogP) is 4.61. The molecule has 2 aromatic carbocycles. The van der Waals surface area contributed by atoms with Crippen molar-refractivity contribution in [1.82, 2.24) is 4.90 Å². The number of hydrogen-bond donors (Lipinski definition) is 0. The number of amides is 1. The standard InChI is InChI=1S/C19H18BrN3OS/c1-13-5-3-4-6-16(13)12-23-18(24)14(2)25-19(23)22-21-11-15-7-9-17(20)10-8-15/h3-11,14H,12H2,1-2H3/b21-11-,22-19+/t14-/m0/s1. The summed E-state index contributed by atoms with van der Waals surface area (Å²) in [6.07, 6.45) is 1.69. The van der Waals surface area contributed by atoms with Gasteiger partial charge in [-0.1, -0.05) is 64.1 Å². The summed E-state index contributed by atoms with van der Waals surface area (Å²) < 4.78 is 1.02. The number of amidine groups is 1. The van der Waals surface area contributed by atoms with Crippen LogP contribution in [0.25, 0.3) is 0 Å². The Morgan fingerprint density at radius 3 is 2.64 bits per heavy atom. The molecular weight excluding hydrogens is 398 g/mol. The lowest BCUT2D eigenvalue weighted by molar-refractivity contribution is -0.126. The number of halogens is 1. The van der Waals surface area contributed by atoms with Gasteiger partial charge in [-0.2, -0.15) is 5.10 Å². The number of rotatable bonds is 4. The van der Waals surface area contributed by atoms with Crippen LogP contribution in [0.2, 0.25) is 0 Å². The fourth-order valence-electron chi connectivity index (χ4n) is 2.46. The van der Waals surface area contributed by atoms with Crippen LogP contribution in [0.3, 0.4) is 0 Å². The Kier molecular flexibility index (Phi) is 5.71. The maximum absolute atomic E-state index is 12.5. The molecule has 0 aromatic heterocycles. The third-order valence-corrected chi connectivity index (χ3v) is 5.53. The van der Waals surface area contributed by atoms with Crippen LogP contribution in [0.15, 0.2) is 63.2 Å². The average molecular weight is 416 g/mol. The van der Waals surface area contributed by atoms with Crippen molar-refractivity contribution in [2.45, 2.75) is 25.6 Å². The summed E-state index contributed by atoms with van der Waals surface area (Å²) in [5.74, 6) is 0.0749. The number of thioether (sulfide) groups is 1. The Balaban J connectivity index is 1.79. The second-order valence-electron chi connectivity index (χ2n) is 5.79. The normalized spacial score (nSPS) is 19.3. The predicted molar refractivity (Wildman–Crippen MR) is 108 cm³/mol. The van der Waals surface area contributed by atoms with Crippen molar-refractivity contribution >= 4 is 45.0 Å². The van der Waals surface area contributed by atoms with Crippen LogP contribution >= 0.6 is 27.7 Å². The number of benzene rings is 2. The van der Waals surface area contributed by atoms with Crippen LogP contribution in [0.1, 0.15) is 23.6 Å². The molecule has 1 heterocycles. The van der Waals surface area contributed by atoms with E-state index in [-0.39, 0.29) is 11.2 Å². The molecule has 0 unspecified atom stereocenters. The molecule has 0 aliphatic carbocycles. The molecule has 0 radical (unpaired) electrons. The summed E-state index contributed by atoms with van der Waals surface area (Å²) in [7, 11) is 0.